The predicted molar refractivity (Wildman–Crippen MR) is 77.0 cm³/mol. The van der Waals surface area contributed by atoms with Gasteiger partial charge in [0.25, 0.3) is 0 Å². The summed E-state index contributed by atoms with van der Waals surface area (Å²) in [5, 5.41) is 22.2. The number of aliphatic hydroxyl groups excluding tert-OH is 1. The first-order valence-electron chi connectivity index (χ1n) is 7.05. The highest BCUT2D eigenvalue weighted by Gasteiger charge is 2.31. The van der Waals surface area contributed by atoms with E-state index < -0.39 is 0 Å². The molecule has 0 aliphatic heterocycles. The summed E-state index contributed by atoms with van der Waals surface area (Å²) < 4.78 is 0. The highest BCUT2D eigenvalue weighted by molar-refractivity contribution is 5.58. The fourth-order valence-corrected chi connectivity index (χ4v) is 2.88. The van der Waals surface area contributed by atoms with Gasteiger partial charge in [-0.05, 0) is 37.5 Å². The molecule has 0 bridgehead atoms. The van der Waals surface area contributed by atoms with Crippen LogP contribution in [0, 0.1) is 23.7 Å². The van der Waals surface area contributed by atoms with Gasteiger partial charge in [0.2, 0.25) is 0 Å². The number of anilines is 1. The van der Waals surface area contributed by atoms with Crippen LogP contribution in [0.2, 0.25) is 0 Å². The fraction of sp³-hybridized carbons (Fsp3) is 0.562. The van der Waals surface area contributed by atoms with E-state index in [0.29, 0.717) is 5.56 Å². The first-order valence-corrected chi connectivity index (χ1v) is 7.05. The molecule has 1 fully saturated rings. The molecule has 1 aromatic rings. The molecule has 0 heterocycles. The van der Waals surface area contributed by atoms with Gasteiger partial charge in [0.15, 0.2) is 0 Å². The van der Waals surface area contributed by atoms with Crippen LogP contribution in [0.25, 0.3) is 0 Å². The number of nitriles is 1. The van der Waals surface area contributed by atoms with Crippen LogP contribution in [0.5, 0.6) is 0 Å². The minimum atomic E-state index is -0.00411. The van der Waals surface area contributed by atoms with Crippen molar-refractivity contribution in [2.24, 2.45) is 5.41 Å². The molecule has 1 aromatic carbocycles. The van der Waals surface area contributed by atoms with Crippen molar-refractivity contribution in [3.05, 3.63) is 29.3 Å². The Morgan fingerprint density at radius 1 is 1.32 bits per heavy atom. The number of hydrogen-bond donors (Lipinski definition) is 2. The van der Waals surface area contributed by atoms with E-state index in [-0.39, 0.29) is 12.0 Å². The molecule has 0 spiro atoms. The van der Waals surface area contributed by atoms with Gasteiger partial charge in [-0.3, -0.25) is 0 Å². The van der Waals surface area contributed by atoms with Crippen molar-refractivity contribution < 1.29 is 5.11 Å². The number of rotatable bonds is 4. The normalized spacial score (nSPS) is 17.7. The lowest BCUT2D eigenvalue weighted by atomic mass is 9.74. The predicted octanol–water partition coefficient (Wildman–Crippen LogP) is 3.22. The Bertz CT molecular complexity index is 470. The molecule has 3 nitrogen and oxygen atoms in total. The van der Waals surface area contributed by atoms with E-state index in [1.54, 1.807) is 0 Å². The van der Waals surface area contributed by atoms with Gasteiger partial charge in [-0.1, -0.05) is 25.3 Å². The zero-order valence-electron chi connectivity index (χ0n) is 11.6. The summed E-state index contributed by atoms with van der Waals surface area (Å²) >= 11 is 0. The Kier molecular flexibility index (Phi) is 4.44. The van der Waals surface area contributed by atoms with Crippen LogP contribution in [-0.2, 0) is 0 Å². The minimum Gasteiger partial charge on any atom is -0.396 e. The van der Waals surface area contributed by atoms with Gasteiger partial charge in [0.05, 0.1) is 17.9 Å². The maximum atomic E-state index is 9.69. The molecule has 1 saturated carbocycles. The second-order valence-electron chi connectivity index (χ2n) is 5.73. The molecular weight excluding hydrogens is 236 g/mol. The average Bonchev–Trinajstić information content (AvgIpc) is 2.47. The van der Waals surface area contributed by atoms with E-state index in [0.717, 1.165) is 30.6 Å². The van der Waals surface area contributed by atoms with Gasteiger partial charge in [-0.25, -0.2) is 0 Å². The zero-order valence-corrected chi connectivity index (χ0v) is 11.6. The van der Waals surface area contributed by atoms with Gasteiger partial charge in [0, 0.05) is 12.0 Å². The van der Waals surface area contributed by atoms with Crippen molar-refractivity contribution in [1.29, 1.82) is 5.26 Å². The lowest BCUT2D eigenvalue weighted by Gasteiger charge is -2.36. The van der Waals surface area contributed by atoms with Crippen molar-refractivity contribution in [2.75, 3.05) is 18.5 Å². The first-order chi connectivity index (χ1) is 9.19. The monoisotopic (exact) mass is 258 g/mol. The second kappa shape index (κ2) is 6.08. The quantitative estimate of drug-likeness (QED) is 0.871. The molecule has 2 N–H and O–H groups in total. The molecule has 0 amide bonds. The number of hydrogen-bond acceptors (Lipinski definition) is 3. The molecule has 1 aliphatic carbocycles. The van der Waals surface area contributed by atoms with Crippen LogP contribution in [0.4, 0.5) is 5.69 Å². The van der Waals surface area contributed by atoms with E-state index >= 15 is 0 Å². The first kappa shape index (κ1) is 13.9. The third kappa shape index (κ3) is 3.27. The van der Waals surface area contributed by atoms with Gasteiger partial charge < -0.3 is 10.4 Å². The summed E-state index contributed by atoms with van der Waals surface area (Å²) in [5.41, 5.74) is 2.66. The van der Waals surface area contributed by atoms with E-state index in [9.17, 15) is 5.11 Å². The highest BCUT2D eigenvalue weighted by atomic mass is 16.3. The summed E-state index contributed by atoms with van der Waals surface area (Å²) in [4.78, 5) is 0. The highest BCUT2D eigenvalue weighted by Crippen LogP contribution is 2.36. The van der Waals surface area contributed by atoms with Crippen molar-refractivity contribution in [2.45, 2.75) is 39.0 Å². The van der Waals surface area contributed by atoms with Crippen molar-refractivity contribution in [3.63, 3.8) is 0 Å². The number of aryl methyl sites for hydroxylation is 1. The van der Waals surface area contributed by atoms with Gasteiger partial charge in [-0.2, -0.15) is 5.26 Å². The third-order valence-corrected chi connectivity index (χ3v) is 4.20. The molecule has 0 radical (unpaired) electrons. The van der Waals surface area contributed by atoms with E-state index in [2.05, 4.69) is 11.4 Å². The van der Waals surface area contributed by atoms with Gasteiger partial charge in [-0.15, -0.1) is 0 Å². The average molecular weight is 258 g/mol. The summed E-state index contributed by atoms with van der Waals surface area (Å²) in [5.74, 6) is 0. The summed E-state index contributed by atoms with van der Waals surface area (Å²) in [6.07, 6.45) is 5.81. The molecule has 1 aliphatic rings. The van der Waals surface area contributed by atoms with E-state index in [1.807, 2.05) is 25.1 Å². The Hall–Kier alpha value is -1.53. The number of benzene rings is 1. The van der Waals surface area contributed by atoms with Crippen LogP contribution >= 0.6 is 0 Å². The maximum absolute atomic E-state index is 9.69. The Morgan fingerprint density at radius 3 is 2.68 bits per heavy atom. The molecule has 0 aromatic heterocycles. The standard InChI is InChI=1S/C16H22N2O/c1-13-5-6-15(14(9-13)10-17)18-11-16(12-19)7-3-2-4-8-16/h5-6,9,18-19H,2-4,7-8,11-12H2,1H3. The molecule has 3 heteroatoms. The zero-order chi connectivity index (χ0) is 13.7. The van der Waals surface area contributed by atoms with Crippen LogP contribution in [0.15, 0.2) is 18.2 Å². The number of aliphatic hydroxyl groups is 1. The van der Waals surface area contributed by atoms with Crippen LogP contribution in [0.1, 0.15) is 43.2 Å². The molecular formula is C16H22N2O. The summed E-state index contributed by atoms with van der Waals surface area (Å²) in [7, 11) is 0. The topological polar surface area (TPSA) is 56.0 Å². The number of nitrogens with one attached hydrogen (secondary N) is 1. The SMILES string of the molecule is Cc1ccc(NCC2(CO)CCCCC2)c(C#N)c1. The van der Waals surface area contributed by atoms with E-state index in [4.69, 9.17) is 5.26 Å². The molecule has 102 valence electrons. The van der Waals surface area contributed by atoms with Gasteiger partial charge >= 0.3 is 0 Å². The number of nitrogens with zero attached hydrogens (tertiary/aromatic N) is 1. The van der Waals surface area contributed by atoms with Gasteiger partial charge in [0.1, 0.15) is 6.07 Å². The van der Waals surface area contributed by atoms with Crippen molar-refractivity contribution in [1.82, 2.24) is 0 Å². The van der Waals surface area contributed by atoms with Crippen LogP contribution in [-0.4, -0.2) is 18.3 Å². The third-order valence-electron chi connectivity index (χ3n) is 4.20. The Balaban J connectivity index is 2.07. The van der Waals surface area contributed by atoms with E-state index in [1.165, 1.54) is 19.3 Å². The molecule has 0 atom stereocenters. The smallest absolute Gasteiger partial charge is 0.101 e. The maximum Gasteiger partial charge on any atom is 0.101 e. The fourth-order valence-electron chi connectivity index (χ4n) is 2.88. The van der Waals surface area contributed by atoms with Crippen molar-refractivity contribution >= 4 is 5.69 Å². The summed E-state index contributed by atoms with van der Waals surface area (Å²) in [6.45, 7) is 2.97. The van der Waals surface area contributed by atoms with Crippen LogP contribution in [0.3, 0.4) is 0 Å². The lowest BCUT2D eigenvalue weighted by molar-refractivity contribution is 0.0944. The molecule has 0 unspecified atom stereocenters. The largest absolute Gasteiger partial charge is 0.396 e. The molecule has 19 heavy (non-hydrogen) atoms. The Morgan fingerprint density at radius 2 is 2.05 bits per heavy atom. The molecule has 2 rings (SSSR count). The molecule has 0 saturated heterocycles. The van der Waals surface area contributed by atoms with Crippen LogP contribution < -0.4 is 5.32 Å². The van der Waals surface area contributed by atoms with Crippen molar-refractivity contribution in [3.8, 4) is 6.07 Å². The Labute approximate surface area is 115 Å². The second-order valence-corrected chi connectivity index (χ2v) is 5.73. The summed E-state index contributed by atoms with van der Waals surface area (Å²) in [6, 6.07) is 8.10. The minimum absolute atomic E-state index is 0.00411. The lowest BCUT2D eigenvalue weighted by Crippen LogP contribution is -2.35.